The average Bonchev–Trinajstić information content (AvgIpc) is 2.63. The van der Waals surface area contributed by atoms with Crippen LogP contribution in [0.4, 0.5) is 0 Å². The van der Waals surface area contributed by atoms with Crippen LogP contribution in [0.2, 0.25) is 0 Å². The third-order valence-corrected chi connectivity index (χ3v) is 5.93. The van der Waals surface area contributed by atoms with E-state index in [0.29, 0.717) is 31.4 Å². The lowest BCUT2D eigenvalue weighted by atomic mass is 9.85. The minimum Gasteiger partial charge on any atom is -0.370 e. The number of piperidine rings is 1. The topological polar surface area (TPSA) is 41.6 Å². The normalized spacial score (nSPS) is 28.6. The van der Waals surface area contributed by atoms with Gasteiger partial charge in [0, 0.05) is 6.42 Å². The van der Waals surface area contributed by atoms with E-state index in [1.807, 2.05) is 17.0 Å². The van der Waals surface area contributed by atoms with Crippen molar-refractivity contribution in [3.63, 3.8) is 0 Å². The van der Waals surface area contributed by atoms with Crippen molar-refractivity contribution in [2.75, 3.05) is 26.2 Å². The van der Waals surface area contributed by atoms with Crippen LogP contribution in [0.5, 0.6) is 0 Å². The van der Waals surface area contributed by atoms with Crippen molar-refractivity contribution >= 4 is 5.91 Å². The number of rotatable bonds is 4. The van der Waals surface area contributed by atoms with Gasteiger partial charge >= 0.3 is 0 Å². The van der Waals surface area contributed by atoms with Crippen LogP contribution in [0, 0.1) is 18.8 Å². The molecular formula is C21H32N2O2. The van der Waals surface area contributed by atoms with Crippen LogP contribution in [-0.4, -0.2) is 43.1 Å². The first-order valence-electron chi connectivity index (χ1n) is 9.73. The van der Waals surface area contributed by atoms with Crippen LogP contribution in [-0.2, 0) is 9.53 Å². The molecule has 4 atom stereocenters. The molecule has 2 aliphatic rings. The highest BCUT2D eigenvalue weighted by molar-refractivity contribution is 5.77. The number of morpholine rings is 1. The first-order valence-corrected chi connectivity index (χ1v) is 9.73. The van der Waals surface area contributed by atoms with E-state index in [1.165, 1.54) is 24.0 Å². The van der Waals surface area contributed by atoms with E-state index >= 15 is 0 Å². The number of carbonyl (C=O) groups excluding carboxylic acids is 1. The van der Waals surface area contributed by atoms with E-state index in [9.17, 15) is 4.79 Å². The second kappa shape index (κ2) is 8.33. The van der Waals surface area contributed by atoms with Crippen molar-refractivity contribution in [2.45, 2.75) is 52.2 Å². The fraction of sp³-hybridized carbons (Fsp3) is 0.667. The Labute approximate surface area is 151 Å². The molecule has 138 valence electrons. The Kier molecular flexibility index (Phi) is 6.13. The van der Waals surface area contributed by atoms with E-state index < -0.39 is 0 Å². The van der Waals surface area contributed by atoms with Crippen LogP contribution < -0.4 is 5.32 Å². The van der Waals surface area contributed by atoms with Gasteiger partial charge in [-0.25, -0.2) is 0 Å². The summed E-state index contributed by atoms with van der Waals surface area (Å²) in [7, 11) is 0. The van der Waals surface area contributed by atoms with Crippen molar-refractivity contribution in [3.05, 3.63) is 35.4 Å². The summed E-state index contributed by atoms with van der Waals surface area (Å²) in [4.78, 5) is 15.0. The maximum Gasteiger partial charge on any atom is 0.223 e. The lowest BCUT2D eigenvalue weighted by Gasteiger charge is -2.39. The van der Waals surface area contributed by atoms with Crippen LogP contribution in [0.15, 0.2) is 24.3 Å². The lowest BCUT2D eigenvalue weighted by Crippen LogP contribution is -2.49. The van der Waals surface area contributed by atoms with Gasteiger partial charge < -0.3 is 15.0 Å². The summed E-state index contributed by atoms with van der Waals surface area (Å²) >= 11 is 0. The average molecular weight is 344 g/mol. The van der Waals surface area contributed by atoms with Crippen molar-refractivity contribution in [1.29, 1.82) is 0 Å². The summed E-state index contributed by atoms with van der Waals surface area (Å²) in [5.41, 5.74) is 2.44. The highest BCUT2D eigenvalue weighted by atomic mass is 16.5. The molecule has 0 saturated carbocycles. The van der Waals surface area contributed by atoms with Gasteiger partial charge in [0.15, 0.2) is 0 Å². The zero-order chi connectivity index (χ0) is 17.8. The minimum absolute atomic E-state index is 0.00648. The van der Waals surface area contributed by atoms with Crippen molar-refractivity contribution in [2.24, 2.45) is 11.8 Å². The molecule has 1 aromatic rings. The van der Waals surface area contributed by atoms with Gasteiger partial charge in [-0.15, -0.1) is 0 Å². The smallest absolute Gasteiger partial charge is 0.223 e. The number of benzene rings is 1. The highest BCUT2D eigenvalue weighted by Gasteiger charge is 2.32. The van der Waals surface area contributed by atoms with E-state index in [1.54, 1.807) is 0 Å². The Morgan fingerprint density at radius 3 is 2.92 bits per heavy atom. The standard InChI is InChI=1S/C21H32N2O2/c1-15-7-4-5-9-19(15)20-13-23(17(3)14-25-20)21(24)11-16(2)18-8-6-10-22-12-18/h4-5,7,9,16-18,20,22H,6,8,10-14H2,1-3H3/t16-,17+,18+,20-/m0/s1. The van der Waals surface area contributed by atoms with Gasteiger partial charge in [-0.1, -0.05) is 31.2 Å². The second-order valence-corrected chi connectivity index (χ2v) is 7.86. The number of nitrogens with zero attached hydrogens (tertiary/aromatic N) is 1. The SMILES string of the molecule is Cc1ccccc1[C@@H]1CN(C(=O)C[C@H](C)[C@@H]2CCCNC2)[C@H](C)CO1. The van der Waals surface area contributed by atoms with Gasteiger partial charge in [-0.3, -0.25) is 4.79 Å². The molecule has 0 spiro atoms. The number of hydrogen-bond acceptors (Lipinski definition) is 3. The zero-order valence-electron chi connectivity index (χ0n) is 15.8. The van der Waals surface area contributed by atoms with Gasteiger partial charge in [-0.2, -0.15) is 0 Å². The first-order chi connectivity index (χ1) is 12.1. The molecule has 2 fully saturated rings. The quantitative estimate of drug-likeness (QED) is 0.911. The summed E-state index contributed by atoms with van der Waals surface area (Å²) in [6.45, 7) is 9.90. The summed E-state index contributed by atoms with van der Waals surface area (Å²) in [5, 5.41) is 3.47. The molecule has 1 amide bonds. The number of aryl methyl sites for hydroxylation is 1. The third kappa shape index (κ3) is 4.42. The molecule has 0 bridgehead atoms. The van der Waals surface area contributed by atoms with E-state index in [0.717, 1.165) is 13.1 Å². The molecular weight excluding hydrogens is 312 g/mol. The number of amides is 1. The second-order valence-electron chi connectivity index (χ2n) is 7.86. The fourth-order valence-electron chi connectivity index (χ4n) is 4.16. The molecule has 1 aromatic carbocycles. The molecule has 1 N–H and O–H groups in total. The molecule has 0 radical (unpaired) electrons. The van der Waals surface area contributed by atoms with Crippen molar-refractivity contribution in [1.82, 2.24) is 10.2 Å². The first kappa shape index (κ1) is 18.4. The van der Waals surface area contributed by atoms with Crippen LogP contribution >= 0.6 is 0 Å². The molecule has 4 heteroatoms. The van der Waals surface area contributed by atoms with Crippen molar-refractivity contribution in [3.8, 4) is 0 Å². The summed E-state index contributed by atoms with van der Waals surface area (Å²) < 4.78 is 6.05. The van der Waals surface area contributed by atoms with E-state index in [2.05, 4.69) is 38.2 Å². The number of carbonyl (C=O) groups is 1. The van der Waals surface area contributed by atoms with Gasteiger partial charge in [0.25, 0.3) is 0 Å². The Morgan fingerprint density at radius 1 is 1.40 bits per heavy atom. The summed E-state index contributed by atoms with van der Waals surface area (Å²) in [6, 6.07) is 8.49. The largest absolute Gasteiger partial charge is 0.370 e. The van der Waals surface area contributed by atoms with Crippen LogP contribution in [0.1, 0.15) is 50.3 Å². The fourth-order valence-corrected chi connectivity index (χ4v) is 4.16. The van der Waals surface area contributed by atoms with Gasteiger partial charge in [0.05, 0.1) is 19.2 Å². The summed E-state index contributed by atoms with van der Waals surface area (Å²) in [5.74, 6) is 1.35. The molecule has 2 heterocycles. The molecule has 0 aliphatic carbocycles. The monoisotopic (exact) mass is 344 g/mol. The number of hydrogen-bond donors (Lipinski definition) is 1. The maximum absolute atomic E-state index is 13.0. The van der Waals surface area contributed by atoms with Gasteiger partial charge in [-0.05, 0) is 62.7 Å². The zero-order valence-corrected chi connectivity index (χ0v) is 15.8. The van der Waals surface area contributed by atoms with Gasteiger partial charge in [0.2, 0.25) is 5.91 Å². The predicted octanol–water partition coefficient (Wildman–Crippen LogP) is 3.31. The molecule has 2 aliphatic heterocycles. The number of nitrogens with one attached hydrogen (secondary N) is 1. The van der Waals surface area contributed by atoms with Crippen LogP contribution in [0.3, 0.4) is 0 Å². The summed E-state index contributed by atoms with van der Waals surface area (Å²) in [6.07, 6.45) is 3.11. The van der Waals surface area contributed by atoms with E-state index in [4.69, 9.17) is 4.74 Å². The minimum atomic E-state index is -0.00648. The molecule has 2 saturated heterocycles. The Hall–Kier alpha value is -1.39. The highest BCUT2D eigenvalue weighted by Crippen LogP contribution is 2.29. The molecule has 4 nitrogen and oxygen atoms in total. The van der Waals surface area contributed by atoms with Gasteiger partial charge in [0.1, 0.15) is 6.10 Å². The number of ether oxygens (including phenoxy) is 1. The molecule has 3 rings (SSSR count). The molecule has 0 aromatic heterocycles. The Morgan fingerprint density at radius 2 is 2.20 bits per heavy atom. The lowest BCUT2D eigenvalue weighted by molar-refractivity contribution is -0.145. The predicted molar refractivity (Wildman–Crippen MR) is 100 cm³/mol. The van der Waals surface area contributed by atoms with Crippen LogP contribution in [0.25, 0.3) is 0 Å². The van der Waals surface area contributed by atoms with E-state index in [-0.39, 0.29) is 18.1 Å². The Balaban J connectivity index is 1.63. The molecule has 25 heavy (non-hydrogen) atoms. The Bertz CT molecular complexity index is 583. The molecule has 0 unspecified atom stereocenters. The maximum atomic E-state index is 13.0. The van der Waals surface area contributed by atoms with Crippen molar-refractivity contribution < 1.29 is 9.53 Å². The third-order valence-electron chi connectivity index (χ3n) is 5.93.